The molecule has 0 aliphatic carbocycles. The van der Waals surface area contributed by atoms with Crippen molar-refractivity contribution >= 4 is 64.1 Å². The van der Waals surface area contributed by atoms with Crippen molar-refractivity contribution in [2.24, 2.45) is 0 Å². The summed E-state index contributed by atoms with van der Waals surface area (Å²) in [6.07, 6.45) is 1.41. The maximum Gasteiger partial charge on any atom is 0.335 e. The second-order valence-corrected chi connectivity index (χ2v) is 7.14. The molecule has 0 radical (unpaired) electrons. The molecule has 8 heteroatoms. The molecule has 1 N–H and O–H groups in total. The molecular weight excluding hydrogens is 371 g/mol. The van der Waals surface area contributed by atoms with E-state index in [1.165, 1.54) is 17.4 Å². The monoisotopic (exact) mass is 380 g/mol. The van der Waals surface area contributed by atoms with Gasteiger partial charge < -0.3 is 0 Å². The van der Waals surface area contributed by atoms with Crippen molar-refractivity contribution in [3.63, 3.8) is 0 Å². The Balaban J connectivity index is 2.06. The van der Waals surface area contributed by atoms with Crippen LogP contribution in [0.1, 0.15) is 10.4 Å². The third-order valence-corrected chi connectivity index (χ3v) is 5.05. The van der Waals surface area contributed by atoms with Crippen molar-refractivity contribution in [2.75, 3.05) is 4.90 Å². The van der Waals surface area contributed by atoms with Crippen molar-refractivity contribution in [3.05, 3.63) is 55.7 Å². The molecule has 1 aromatic heterocycles. The average molecular weight is 381 g/mol. The van der Waals surface area contributed by atoms with Gasteiger partial charge >= 0.3 is 6.03 Å². The summed E-state index contributed by atoms with van der Waals surface area (Å²) in [5.41, 5.74) is 0.746. The first-order valence-corrected chi connectivity index (χ1v) is 8.37. The summed E-state index contributed by atoms with van der Waals surface area (Å²) in [6, 6.07) is 7.41. The fourth-order valence-corrected chi connectivity index (χ4v) is 3.44. The molecule has 0 spiro atoms. The van der Waals surface area contributed by atoms with Crippen LogP contribution in [-0.4, -0.2) is 17.8 Å². The van der Waals surface area contributed by atoms with Crippen molar-refractivity contribution in [2.45, 2.75) is 6.92 Å². The van der Waals surface area contributed by atoms with E-state index in [2.05, 4.69) is 5.32 Å². The molecule has 122 valence electrons. The molecule has 0 unspecified atom stereocenters. The van der Waals surface area contributed by atoms with Crippen LogP contribution in [0.3, 0.4) is 0 Å². The molecule has 3 rings (SSSR count). The van der Waals surface area contributed by atoms with Gasteiger partial charge in [0.2, 0.25) is 0 Å². The summed E-state index contributed by atoms with van der Waals surface area (Å²) in [6.45, 7) is 1.69. The maximum absolute atomic E-state index is 12.7. The van der Waals surface area contributed by atoms with Gasteiger partial charge in [-0.1, -0.05) is 29.3 Å². The topological polar surface area (TPSA) is 66.5 Å². The largest absolute Gasteiger partial charge is 0.335 e. The van der Waals surface area contributed by atoms with Crippen LogP contribution >= 0.6 is 34.5 Å². The SMILES string of the molecule is Cc1c(Cl)cccc1N1C(=O)NC(=O)/C(=C\c2ccc(Cl)s2)C1=O. The van der Waals surface area contributed by atoms with E-state index in [0.29, 0.717) is 25.5 Å². The number of imide groups is 2. The number of benzene rings is 1. The van der Waals surface area contributed by atoms with Gasteiger partial charge in [0.1, 0.15) is 5.57 Å². The van der Waals surface area contributed by atoms with Gasteiger partial charge in [0.25, 0.3) is 11.8 Å². The first kappa shape index (κ1) is 16.7. The number of barbiturate groups is 1. The molecule has 1 saturated heterocycles. The lowest BCUT2D eigenvalue weighted by Gasteiger charge is -2.27. The number of carbonyl (C=O) groups is 3. The number of urea groups is 1. The number of anilines is 1. The number of hydrogen-bond acceptors (Lipinski definition) is 4. The number of rotatable bonds is 2. The van der Waals surface area contributed by atoms with Crippen LogP contribution in [0.15, 0.2) is 35.9 Å². The fourth-order valence-electron chi connectivity index (χ4n) is 2.26. The minimum Gasteiger partial charge on any atom is -0.273 e. The van der Waals surface area contributed by atoms with Gasteiger partial charge in [-0.05, 0) is 42.8 Å². The Kier molecular flexibility index (Phi) is 4.45. The van der Waals surface area contributed by atoms with Crippen LogP contribution in [-0.2, 0) is 9.59 Å². The molecule has 0 saturated carbocycles. The Labute approximate surface area is 151 Å². The highest BCUT2D eigenvalue weighted by Gasteiger charge is 2.37. The molecule has 4 amide bonds. The number of nitrogens with zero attached hydrogens (tertiary/aromatic N) is 1. The molecule has 2 aromatic rings. The van der Waals surface area contributed by atoms with E-state index in [4.69, 9.17) is 23.2 Å². The van der Waals surface area contributed by atoms with E-state index in [0.717, 1.165) is 4.90 Å². The van der Waals surface area contributed by atoms with E-state index in [1.807, 2.05) is 0 Å². The zero-order valence-electron chi connectivity index (χ0n) is 12.3. The Morgan fingerprint density at radius 2 is 1.88 bits per heavy atom. The number of hydrogen-bond donors (Lipinski definition) is 1. The second kappa shape index (κ2) is 6.39. The first-order valence-electron chi connectivity index (χ1n) is 6.80. The molecule has 2 heterocycles. The lowest BCUT2D eigenvalue weighted by molar-refractivity contribution is -0.122. The van der Waals surface area contributed by atoms with Crippen LogP contribution in [0.2, 0.25) is 9.36 Å². The summed E-state index contributed by atoms with van der Waals surface area (Å²) in [5.74, 6) is -1.45. The second-order valence-electron chi connectivity index (χ2n) is 4.98. The Bertz CT molecular complexity index is 904. The van der Waals surface area contributed by atoms with E-state index >= 15 is 0 Å². The summed E-state index contributed by atoms with van der Waals surface area (Å²) in [5, 5.41) is 2.59. The average Bonchev–Trinajstić information content (AvgIpc) is 2.93. The lowest BCUT2D eigenvalue weighted by Crippen LogP contribution is -2.54. The van der Waals surface area contributed by atoms with Crippen LogP contribution in [0.4, 0.5) is 10.5 Å². The van der Waals surface area contributed by atoms with Gasteiger partial charge in [-0.25, -0.2) is 9.69 Å². The lowest BCUT2D eigenvalue weighted by atomic mass is 10.1. The van der Waals surface area contributed by atoms with Crippen LogP contribution < -0.4 is 10.2 Å². The Morgan fingerprint density at radius 1 is 1.12 bits per heavy atom. The van der Waals surface area contributed by atoms with E-state index in [1.54, 1.807) is 37.3 Å². The molecule has 0 atom stereocenters. The van der Waals surface area contributed by atoms with Gasteiger partial charge in [-0.2, -0.15) is 0 Å². The highest BCUT2D eigenvalue weighted by molar-refractivity contribution is 7.17. The predicted octanol–water partition coefficient (Wildman–Crippen LogP) is 4.03. The number of thiophene rings is 1. The van der Waals surface area contributed by atoms with Gasteiger partial charge in [-0.15, -0.1) is 11.3 Å². The third kappa shape index (κ3) is 2.96. The minimum atomic E-state index is -0.809. The van der Waals surface area contributed by atoms with Gasteiger partial charge in [0.05, 0.1) is 10.0 Å². The number of carbonyl (C=O) groups excluding carboxylic acids is 3. The zero-order chi connectivity index (χ0) is 17.4. The van der Waals surface area contributed by atoms with Crippen molar-refractivity contribution in [3.8, 4) is 0 Å². The van der Waals surface area contributed by atoms with E-state index in [-0.39, 0.29) is 5.57 Å². The molecule has 1 fully saturated rings. The summed E-state index contributed by atoms with van der Waals surface area (Å²) in [4.78, 5) is 38.5. The van der Waals surface area contributed by atoms with Crippen LogP contribution in [0.25, 0.3) is 6.08 Å². The zero-order valence-corrected chi connectivity index (χ0v) is 14.6. The number of amides is 4. The van der Waals surface area contributed by atoms with Crippen molar-refractivity contribution < 1.29 is 14.4 Å². The van der Waals surface area contributed by atoms with E-state index < -0.39 is 17.8 Å². The standard InChI is InChI=1S/C16H10Cl2N2O3S/c1-8-11(17)3-2-4-12(8)20-15(22)10(14(21)19-16(20)23)7-9-5-6-13(18)24-9/h2-7H,1H3,(H,19,21,23)/b10-7+. The summed E-state index contributed by atoms with van der Waals surface area (Å²) in [7, 11) is 0. The molecule has 1 aromatic carbocycles. The highest BCUT2D eigenvalue weighted by atomic mass is 35.5. The smallest absolute Gasteiger partial charge is 0.273 e. The fraction of sp³-hybridized carbons (Fsp3) is 0.0625. The van der Waals surface area contributed by atoms with Crippen LogP contribution in [0.5, 0.6) is 0 Å². The molecular formula is C16H10Cl2N2O3S. The Morgan fingerprint density at radius 3 is 2.54 bits per heavy atom. The third-order valence-electron chi connectivity index (χ3n) is 3.46. The molecule has 5 nitrogen and oxygen atoms in total. The summed E-state index contributed by atoms with van der Waals surface area (Å²) >= 11 is 13.1. The maximum atomic E-state index is 12.7. The van der Waals surface area contributed by atoms with Gasteiger partial charge in [0.15, 0.2) is 0 Å². The minimum absolute atomic E-state index is 0.146. The van der Waals surface area contributed by atoms with E-state index in [9.17, 15) is 14.4 Å². The normalized spacial score (nSPS) is 16.7. The number of halogens is 2. The van der Waals surface area contributed by atoms with Gasteiger partial charge in [-0.3, -0.25) is 14.9 Å². The quantitative estimate of drug-likeness (QED) is 0.631. The van der Waals surface area contributed by atoms with Gasteiger partial charge in [0, 0.05) is 9.90 Å². The molecule has 0 bridgehead atoms. The summed E-state index contributed by atoms with van der Waals surface area (Å²) < 4.78 is 0.532. The first-order chi connectivity index (χ1) is 11.4. The van der Waals surface area contributed by atoms with Crippen LogP contribution in [0, 0.1) is 6.92 Å². The molecule has 24 heavy (non-hydrogen) atoms. The Hall–Kier alpha value is -2.15. The van der Waals surface area contributed by atoms with Crippen molar-refractivity contribution in [1.82, 2.24) is 5.32 Å². The molecule has 1 aliphatic rings. The van der Waals surface area contributed by atoms with Crippen molar-refractivity contribution in [1.29, 1.82) is 0 Å². The number of nitrogens with one attached hydrogen (secondary N) is 1. The highest BCUT2D eigenvalue weighted by Crippen LogP contribution is 2.30. The molecule has 1 aliphatic heterocycles. The predicted molar refractivity (Wildman–Crippen MR) is 94.5 cm³/mol.